The van der Waals surface area contributed by atoms with Crippen LogP contribution in [0.2, 0.25) is 5.28 Å². The van der Waals surface area contributed by atoms with E-state index in [1.54, 1.807) is 38.5 Å². The Kier molecular flexibility index (Phi) is 4.16. The molecule has 3 aromatic rings. The summed E-state index contributed by atoms with van der Waals surface area (Å²) < 4.78 is 23.6. The van der Waals surface area contributed by atoms with Gasteiger partial charge in [-0.15, -0.1) is 0 Å². The lowest BCUT2D eigenvalue weighted by Crippen LogP contribution is -1.99. The maximum atomic E-state index is 13.0. The summed E-state index contributed by atoms with van der Waals surface area (Å²) in [6.45, 7) is 0. The van der Waals surface area contributed by atoms with E-state index in [4.69, 9.17) is 21.1 Å². The van der Waals surface area contributed by atoms with Crippen LogP contribution in [0.1, 0.15) is 0 Å². The van der Waals surface area contributed by atoms with Crippen LogP contribution in [0, 0.1) is 5.82 Å². The lowest BCUT2D eigenvalue weighted by atomic mass is 10.2. The number of nitrogens with zero attached hydrogens (tertiary/aromatic N) is 2. The highest BCUT2D eigenvalue weighted by Crippen LogP contribution is 2.35. The zero-order valence-electron chi connectivity index (χ0n) is 12.4. The molecule has 0 aliphatic rings. The molecule has 0 saturated heterocycles. The van der Waals surface area contributed by atoms with E-state index >= 15 is 0 Å². The van der Waals surface area contributed by atoms with Crippen molar-refractivity contribution >= 4 is 34.0 Å². The van der Waals surface area contributed by atoms with Gasteiger partial charge in [0.25, 0.3) is 0 Å². The summed E-state index contributed by atoms with van der Waals surface area (Å²) in [5.74, 6) is 1.27. The van der Waals surface area contributed by atoms with Crippen molar-refractivity contribution in [1.29, 1.82) is 0 Å². The van der Waals surface area contributed by atoms with Gasteiger partial charge in [0.2, 0.25) is 5.28 Å². The maximum absolute atomic E-state index is 13.0. The summed E-state index contributed by atoms with van der Waals surface area (Å²) in [5.41, 5.74) is 1.28. The first-order valence-corrected chi connectivity index (χ1v) is 7.10. The number of methoxy groups -OCH3 is 2. The van der Waals surface area contributed by atoms with Gasteiger partial charge in [-0.25, -0.2) is 9.37 Å². The molecule has 0 unspecified atom stereocenters. The minimum atomic E-state index is -0.312. The van der Waals surface area contributed by atoms with Gasteiger partial charge in [0.15, 0.2) is 11.5 Å². The van der Waals surface area contributed by atoms with E-state index < -0.39 is 0 Å². The molecular formula is C16H13ClFN3O2. The van der Waals surface area contributed by atoms with Crippen LogP contribution < -0.4 is 14.8 Å². The molecule has 0 aliphatic heterocycles. The van der Waals surface area contributed by atoms with Crippen molar-refractivity contribution in [2.24, 2.45) is 0 Å². The molecule has 1 heterocycles. The first kappa shape index (κ1) is 15.3. The van der Waals surface area contributed by atoms with Gasteiger partial charge >= 0.3 is 0 Å². The van der Waals surface area contributed by atoms with E-state index in [-0.39, 0.29) is 11.1 Å². The Morgan fingerprint density at radius 3 is 2.30 bits per heavy atom. The third-order valence-corrected chi connectivity index (χ3v) is 3.45. The molecule has 118 valence electrons. The zero-order chi connectivity index (χ0) is 16.4. The van der Waals surface area contributed by atoms with Gasteiger partial charge in [0.1, 0.15) is 11.6 Å². The summed E-state index contributed by atoms with van der Waals surface area (Å²) in [4.78, 5) is 8.40. The maximum Gasteiger partial charge on any atom is 0.224 e. The monoisotopic (exact) mass is 333 g/mol. The second-order valence-corrected chi connectivity index (χ2v) is 5.04. The third-order valence-electron chi connectivity index (χ3n) is 3.28. The highest BCUT2D eigenvalue weighted by molar-refractivity contribution is 6.28. The SMILES string of the molecule is COc1cc2nc(Cl)nc(Nc3ccc(F)cc3)c2cc1OC. The van der Waals surface area contributed by atoms with Crippen molar-refractivity contribution in [3.8, 4) is 11.5 Å². The number of nitrogens with one attached hydrogen (secondary N) is 1. The van der Waals surface area contributed by atoms with Gasteiger partial charge < -0.3 is 14.8 Å². The first-order valence-electron chi connectivity index (χ1n) is 6.72. The van der Waals surface area contributed by atoms with E-state index in [0.29, 0.717) is 33.9 Å². The average molecular weight is 334 g/mol. The highest BCUT2D eigenvalue weighted by Gasteiger charge is 2.13. The Morgan fingerprint density at radius 1 is 1.00 bits per heavy atom. The molecule has 23 heavy (non-hydrogen) atoms. The molecule has 0 bridgehead atoms. The predicted molar refractivity (Wildman–Crippen MR) is 87.3 cm³/mol. The van der Waals surface area contributed by atoms with Crippen LogP contribution in [0.3, 0.4) is 0 Å². The molecule has 1 aromatic heterocycles. The Balaban J connectivity index is 2.13. The number of rotatable bonds is 4. The molecule has 0 aliphatic carbocycles. The van der Waals surface area contributed by atoms with Gasteiger partial charge in [-0.05, 0) is 41.9 Å². The van der Waals surface area contributed by atoms with Gasteiger partial charge in [0.05, 0.1) is 19.7 Å². The lowest BCUT2D eigenvalue weighted by Gasteiger charge is -2.12. The number of aromatic nitrogens is 2. The molecule has 0 amide bonds. The lowest BCUT2D eigenvalue weighted by molar-refractivity contribution is 0.356. The second kappa shape index (κ2) is 6.26. The van der Waals surface area contributed by atoms with E-state index in [2.05, 4.69) is 15.3 Å². The van der Waals surface area contributed by atoms with Gasteiger partial charge in [-0.1, -0.05) is 0 Å². The third kappa shape index (κ3) is 3.12. The van der Waals surface area contributed by atoms with Crippen LogP contribution in [0.25, 0.3) is 10.9 Å². The largest absolute Gasteiger partial charge is 0.493 e. The number of anilines is 2. The van der Waals surface area contributed by atoms with Crippen molar-refractivity contribution in [3.05, 3.63) is 47.5 Å². The minimum Gasteiger partial charge on any atom is -0.493 e. The highest BCUT2D eigenvalue weighted by atomic mass is 35.5. The van der Waals surface area contributed by atoms with Crippen LogP contribution >= 0.6 is 11.6 Å². The fraction of sp³-hybridized carbons (Fsp3) is 0.125. The average Bonchev–Trinajstić information content (AvgIpc) is 2.55. The second-order valence-electron chi connectivity index (χ2n) is 4.70. The van der Waals surface area contributed by atoms with E-state index in [9.17, 15) is 4.39 Å². The number of hydrogen-bond acceptors (Lipinski definition) is 5. The molecule has 5 nitrogen and oxygen atoms in total. The van der Waals surface area contributed by atoms with Crippen LogP contribution in [0.5, 0.6) is 11.5 Å². The molecule has 3 rings (SSSR count). The Morgan fingerprint density at radius 2 is 1.65 bits per heavy atom. The van der Waals surface area contributed by atoms with Crippen LogP contribution in [-0.2, 0) is 0 Å². The van der Waals surface area contributed by atoms with Gasteiger partial charge in [-0.2, -0.15) is 4.98 Å². The molecule has 0 spiro atoms. The van der Waals surface area contributed by atoms with Crippen molar-refractivity contribution in [3.63, 3.8) is 0 Å². The summed E-state index contributed by atoms with van der Waals surface area (Å²) in [6.07, 6.45) is 0. The minimum absolute atomic E-state index is 0.0920. The van der Waals surface area contributed by atoms with Gasteiger partial charge in [-0.3, -0.25) is 0 Å². The topological polar surface area (TPSA) is 56.3 Å². The van der Waals surface area contributed by atoms with Gasteiger partial charge in [0, 0.05) is 17.1 Å². The Labute approximate surface area is 137 Å². The molecule has 0 saturated carbocycles. The summed E-state index contributed by atoms with van der Waals surface area (Å²) >= 11 is 5.99. The van der Waals surface area contributed by atoms with Crippen molar-refractivity contribution < 1.29 is 13.9 Å². The number of halogens is 2. The van der Waals surface area contributed by atoms with E-state index in [0.717, 1.165) is 0 Å². The fourth-order valence-electron chi connectivity index (χ4n) is 2.19. The number of benzene rings is 2. The van der Waals surface area contributed by atoms with Crippen molar-refractivity contribution in [2.45, 2.75) is 0 Å². The Bertz CT molecular complexity index is 856. The molecule has 1 N–H and O–H groups in total. The number of hydrogen-bond donors (Lipinski definition) is 1. The van der Waals surface area contributed by atoms with E-state index in [1.807, 2.05) is 0 Å². The number of fused-ring (bicyclic) bond motifs is 1. The quantitative estimate of drug-likeness (QED) is 0.726. The van der Waals surface area contributed by atoms with Crippen molar-refractivity contribution in [1.82, 2.24) is 9.97 Å². The molecule has 0 radical (unpaired) electrons. The van der Waals surface area contributed by atoms with Crippen LogP contribution in [0.4, 0.5) is 15.9 Å². The normalized spacial score (nSPS) is 10.6. The fourth-order valence-corrected chi connectivity index (χ4v) is 2.37. The molecular weight excluding hydrogens is 321 g/mol. The van der Waals surface area contributed by atoms with Crippen LogP contribution in [0.15, 0.2) is 36.4 Å². The summed E-state index contributed by atoms with van der Waals surface area (Å²) in [5, 5.41) is 3.90. The molecule has 2 aromatic carbocycles. The Hall–Kier alpha value is -2.60. The molecule has 7 heteroatoms. The van der Waals surface area contributed by atoms with E-state index in [1.165, 1.54) is 12.1 Å². The smallest absolute Gasteiger partial charge is 0.224 e. The van der Waals surface area contributed by atoms with Crippen molar-refractivity contribution in [2.75, 3.05) is 19.5 Å². The summed E-state index contributed by atoms with van der Waals surface area (Å²) in [6, 6.07) is 9.41. The first-order chi connectivity index (χ1) is 11.1. The standard InChI is InChI=1S/C16H13ClFN3O2/c1-22-13-7-11-12(8-14(13)23-2)20-16(17)21-15(11)19-10-5-3-9(18)4-6-10/h3-8H,1-2H3,(H,19,20,21). The molecule has 0 fully saturated rings. The number of ether oxygens (including phenoxy) is 2. The molecule has 0 atom stereocenters. The predicted octanol–water partition coefficient (Wildman–Crippen LogP) is 4.18. The van der Waals surface area contributed by atoms with Crippen LogP contribution in [-0.4, -0.2) is 24.2 Å². The summed E-state index contributed by atoms with van der Waals surface area (Å²) in [7, 11) is 3.09. The zero-order valence-corrected chi connectivity index (χ0v) is 13.2.